The summed E-state index contributed by atoms with van der Waals surface area (Å²) in [6.07, 6.45) is 5.83. The highest BCUT2D eigenvalue weighted by atomic mass is 32.1. The Hall–Kier alpha value is -1.95. The van der Waals surface area contributed by atoms with Gasteiger partial charge in [-0.05, 0) is 42.5 Å². The van der Waals surface area contributed by atoms with Crippen molar-refractivity contribution in [3.63, 3.8) is 0 Å². The summed E-state index contributed by atoms with van der Waals surface area (Å²) in [5.74, 6) is 0. The SMILES string of the molecule is CC(CC(O)c1cccs1)NCc1ccc(-n2ccnc2)cc1. The van der Waals surface area contributed by atoms with Gasteiger partial charge in [0, 0.05) is 35.5 Å². The van der Waals surface area contributed by atoms with Gasteiger partial charge in [-0.25, -0.2) is 4.98 Å². The minimum Gasteiger partial charge on any atom is -0.388 e. The first-order valence-electron chi connectivity index (χ1n) is 7.74. The lowest BCUT2D eigenvalue weighted by Crippen LogP contribution is -2.27. The van der Waals surface area contributed by atoms with E-state index in [1.165, 1.54) is 5.56 Å². The average molecular weight is 327 g/mol. The molecule has 120 valence electrons. The summed E-state index contributed by atoms with van der Waals surface area (Å²) in [7, 11) is 0. The van der Waals surface area contributed by atoms with Gasteiger partial charge in [-0.1, -0.05) is 18.2 Å². The molecule has 3 aromatic rings. The lowest BCUT2D eigenvalue weighted by atomic mass is 10.1. The molecular weight excluding hydrogens is 306 g/mol. The highest BCUT2D eigenvalue weighted by Gasteiger charge is 2.12. The minimum atomic E-state index is -0.388. The molecule has 2 N–H and O–H groups in total. The van der Waals surface area contributed by atoms with Gasteiger partial charge >= 0.3 is 0 Å². The number of aliphatic hydroxyl groups is 1. The summed E-state index contributed by atoms with van der Waals surface area (Å²) in [4.78, 5) is 5.09. The maximum absolute atomic E-state index is 10.2. The Labute approximate surface area is 140 Å². The van der Waals surface area contributed by atoms with Crippen LogP contribution in [-0.4, -0.2) is 20.7 Å². The number of rotatable bonds is 7. The molecule has 23 heavy (non-hydrogen) atoms. The monoisotopic (exact) mass is 327 g/mol. The number of imidazole rings is 1. The molecule has 5 heteroatoms. The lowest BCUT2D eigenvalue weighted by Gasteiger charge is -2.17. The Morgan fingerprint density at radius 3 is 2.74 bits per heavy atom. The molecule has 0 amide bonds. The molecule has 2 heterocycles. The topological polar surface area (TPSA) is 50.1 Å². The number of nitrogens with one attached hydrogen (secondary N) is 1. The molecule has 3 rings (SSSR count). The Morgan fingerprint density at radius 2 is 2.09 bits per heavy atom. The van der Waals surface area contributed by atoms with Crippen molar-refractivity contribution in [1.29, 1.82) is 0 Å². The summed E-state index contributed by atoms with van der Waals surface area (Å²) in [6.45, 7) is 2.90. The highest BCUT2D eigenvalue weighted by molar-refractivity contribution is 7.10. The zero-order valence-electron chi connectivity index (χ0n) is 13.1. The van der Waals surface area contributed by atoms with Gasteiger partial charge in [0.2, 0.25) is 0 Å². The molecule has 2 atom stereocenters. The zero-order valence-corrected chi connectivity index (χ0v) is 13.9. The van der Waals surface area contributed by atoms with Crippen LogP contribution >= 0.6 is 11.3 Å². The standard InChI is InChI=1S/C18H21N3OS/c1-14(11-17(22)18-3-2-10-23-18)20-12-15-4-6-16(7-5-15)21-9-8-19-13-21/h2-10,13-14,17,20,22H,11-12H2,1H3. The zero-order chi connectivity index (χ0) is 16.1. The Bertz CT molecular complexity index is 692. The van der Waals surface area contributed by atoms with Crippen molar-refractivity contribution in [1.82, 2.24) is 14.9 Å². The summed E-state index contributed by atoms with van der Waals surface area (Å²) < 4.78 is 1.98. The second-order valence-corrected chi connectivity index (χ2v) is 6.66. The largest absolute Gasteiger partial charge is 0.388 e. The van der Waals surface area contributed by atoms with Gasteiger partial charge in [-0.2, -0.15) is 0 Å². The summed E-state index contributed by atoms with van der Waals surface area (Å²) in [5.41, 5.74) is 2.33. The molecule has 2 unspecified atom stereocenters. The van der Waals surface area contributed by atoms with Crippen LogP contribution in [0.3, 0.4) is 0 Å². The van der Waals surface area contributed by atoms with Gasteiger partial charge in [-0.3, -0.25) is 0 Å². The quantitative estimate of drug-likeness (QED) is 0.698. The van der Waals surface area contributed by atoms with E-state index in [1.54, 1.807) is 23.9 Å². The summed E-state index contributed by atoms with van der Waals surface area (Å²) >= 11 is 1.60. The van der Waals surface area contributed by atoms with E-state index in [0.717, 1.165) is 17.1 Å². The molecule has 2 aromatic heterocycles. The highest BCUT2D eigenvalue weighted by Crippen LogP contribution is 2.22. The normalized spacial score (nSPS) is 13.8. The van der Waals surface area contributed by atoms with Crippen molar-refractivity contribution in [3.8, 4) is 5.69 Å². The molecule has 0 spiro atoms. The van der Waals surface area contributed by atoms with Crippen LogP contribution in [0.1, 0.15) is 29.9 Å². The maximum Gasteiger partial charge on any atom is 0.0991 e. The van der Waals surface area contributed by atoms with Crippen molar-refractivity contribution in [2.45, 2.75) is 32.0 Å². The molecule has 0 aliphatic heterocycles. The molecule has 1 aromatic carbocycles. The van der Waals surface area contributed by atoms with E-state index >= 15 is 0 Å². The number of hydrogen-bond acceptors (Lipinski definition) is 4. The smallest absolute Gasteiger partial charge is 0.0991 e. The van der Waals surface area contributed by atoms with E-state index in [1.807, 2.05) is 28.3 Å². The Balaban J connectivity index is 1.50. The van der Waals surface area contributed by atoms with Crippen LogP contribution in [0.25, 0.3) is 5.69 Å². The lowest BCUT2D eigenvalue weighted by molar-refractivity contribution is 0.157. The maximum atomic E-state index is 10.2. The van der Waals surface area contributed by atoms with Gasteiger partial charge < -0.3 is 15.0 Å². The van der Waals surface area contributed by atoms with Crippen LogP contribution in [0, 0.1) is 0 Å². The van der Waals surface area contributed by atoms with Gasteiger partial charge in [-0.15, -0.1) is 11.3 Å². The third-order valence-electron chi connectivity index (χ3n) is 3.84. The van der Waals surface area contributed by atoms with E-state index in [4.69, 9.17) is 0 Å². The third-order valence-corrected chi connectivity index (χ3v) is 4.82. The predicted molar refractivity (Wildman–Crippen MR) is 93.8 cm³/mol. The average Bonchev–Trinajstić information content (AvgIpc) is 3.26. The molecule has 0 fully saturated rings. The fourth-order valence-corrected chi connectivity index (χ4v) is 3.23. The van der Waals surface area contributed by atoms with Crippen molar-refractivity contribution in [2.24, 2.45) is 0 Å². The van der Waals surface area contributed by atoms with Crippen molar-refractivity contribution in [3.05, 3.63) is 70.9 Å². The van der Waals surface area contributed by atoms with Gasteiger partial charge in [0.15, 0.2) is 0 Å². The molecule has 0 saturated carbocycles. The van der Waals surface area contributed by atoms with E-state index in [9.17, 15) is 5.11 Å². The first-order chi connectivity index (χ1) is 11.2. The van der Waals surface area contributed by atoms with Crippen LogP contribution in [-0.2, 0) is 6.54 Å². The Morgan fingerprint density at radius 1 is 1.26 bits per heavy atom. The van der Waals surface area contributed by atoms with E-state index in [2.05, 4.69) is 41.5 Å². The molecular formula is C18H21N3OS. The summed E-state index contributed by atoms with van der Waals surface area (Å²) in [5, 5.41) is 15.7. The molecule has 0 aliphatic rings. The minimum absolute atomic E-state index is 0.250. The third kappa shape index (κ3) is 4.28. The molecule has 0 saturated heterocycles. The van der Waals surface area contributed by atoms with Crippen LogP contribution in [0.5, 0.6) is 0 Å². The van der Waals surface area contributed by atoms with Crippen LogP contribution in [0.2, 0.25) is 0 Å². The second-order valence-electron chi connectivity index (χ2n) is 5.69. The fraction of sp³-hybridized carbons (Fsp3) is 0.278. The number of aromatic nitrogens is 2. The number of aliphatic hydroxyl groups excluding tert-OH is 1. The van der Waals surface area contributed by atoms with E-state index in [0.29, 0.717) is 6.42 Å². The van der Waals surface area contributed by atoms with Gasteiger partial charge in [0.25, 0.3) is 0 Å². The van der Waals surface area contributed by atoms with Crippen molar-refractivity contribution >= 4 is 11.3 Å². The van der Waals surface area contributed by atoms with Crippen molar-refractivity contribution < 1.29 is 5.11 Å². The first-order valence-corrected chi connectivity index (χ1v) is 8.62. The summed E-state index contributed by atoms with van der Waals surface area (Å²) in [6, 6.07) is 12.6. The number of nitrogens with zero attached hydrogens (tertiary/aromatic N) is 2. The van der Waals surface area contributed by atoms with Crippen LogP contribution < -0.4 is 5.32 Å². The Kier molecular flexibility index (Phi) is 5.23. The first kappa shape index (κ1) is 15.9. The van der Waals surface area contributed by atoms with Crippen LogP contribution in [0.15, 0.2) is 60.5 Å². The van der Waals surface area contributed by atoms with E-state index < -0.39 is 0 Å². The predicted octanol–water partition coefficient (Wildman–Crippen LogP) is 3.54. The van der Waals surface area contributed by atoms with Crippen molar-refractivity contribution in [2.75, 3.05) is 0 Å². The molecule has 0 bridgehead atoms. The van der Waals surface area contributed by atoms with Crippen LogP contribution in [0.4, 0.5) is 0 Å². The number of hydrogen-bond donors (Lipinski definition) is 2. The number of thiophene rings is 1. The fourth-order valence-electron chi connectivity index (χ4n) is 2.51. The molecule has 4 nitrogen and oxygen atoms in total. The van der Waals surface area contributed by atoms with E-state index in [-0.39, 0.29) is 12.1 Å². The van der Waals surface area contributed by atoms with Gasteiger partial charge in [0.05, 0.1) is 12.4 Å². The second kappa shape index (κ2) is 7.55. The van der Waals surface area contributed by atoms with Gasteiger partial charge in [0.1, 0.15) is 0 Å². The molecule has 0 aliphatic carbocycles. The molecule has 0 radical (unpaired) electrons. The number of benzene rings is 1.